The van der Waals surface area contributed by atoms with Gasteiger partial charge in [0.25, 0.3) is 0 Å². The summed E-state index contributed by atoms with van der Waals surface area (Å²) in [6, 6.07) is 5.07. The summed E-state index contributed by atoms with van der Waals surface area (Å²) in [6.07, 6.45) is 1.65. The minimum absolute atomic E-state index is 0.221. The molecule has 1 aromatic rings. The second kappa shape index (κ2) is 5.91. The molecule has 0 unspecified atom stereocenters. The van der Waals surface area contributed by atoms with Crippen LogP contribution in [-0.4, -0.2) is 18.2 Å². The van der Waals surface area contributed by atoms with Crippen LogP contribution in [-0.2, 0) is 0 Å². The van der Waals surface area contributed by atoms with Crippen molar-refractivity contribution >= 4 is 5.69 Å². The summed E-state index contributed by atoms with van der Waals surface area (Å²) in [4.78, 5) is 2.13. The maximum atomic E-state index is 14.1. The Labute approximate surface area is 115 Å². The molecule has 1 N–H and O–H groups in total. The Hall–Kier alpha value is -1.09. The van der Waals surface area contributed by atoms with Gasteiger partial charge in [0.05, 0.1) is 11.8 Å². The highest BCUT2D eigenvalue weighted by Gasteiger charge is 2.23. The Morgan fingerprint density at radius 2 is 1.84 bits per heavy atom. The Morgan fingerprint density at radius 3 is 2.32 bits per heavy atom. The highest BCUT2D eigenvalue weighted by Crippen LogP contribution is 2.30. The van der Waals surface area contributed by atoms with E-state index in [2.05, 4.69) is 18.7 Å². The Morgan fingerprint density at radius 1 is 1.21 bits per heavy atom. The summed E-state index contributed by atoms with van der Waals surface area (Å²) < 4.78 is 14.1. The molecule has 0 saturated carbocycles. The van der Waals surface area contributed by atoms with Gasteiger partial charge < -0.3 is 10.0 Å². The van der Waals surface area contributed by atoms with Crippen molar-refractivity contribution in [2.24, 2.45) is 11.8 Å². The number of rotatable bonds is 3. The largest absolute Gasteiger partial charge is 0.389 e. The molecule has 1 aromatic carbocycles. The summed E-state index contributed by atoms with van der Waals surface area (Å²) in [6.45, 7) is 8.03. The highest BCUT2D eigenvalue weighted by atomic mass is 19.1. The number of anilines is 1. The number of halogens is 1. The minimum Gasteiger partial charge on any atom is -0.389 e. The zero-order chi connectivity index (χ0) is 14.0. The lowest BCUT2D eigenvalue weighted by Gasteiger charge is -2.35. The number of nitrogens with zero attached hydrogens (tertiary/aromatic N) is 1. The van der Waals surface area contributed by atoms with Crippen LogP contribution in [0, 0.1) is 17.7 Å². The standard InChI is InChI=1S/C16H24FNO/c1-11(2)13-6-8-18(9-7-13)16-5-4-14(12(3)19)10-15(16)17/h4-5,10-13,19H,6-9H2,1-3H3/t12-/m1/s1. The summed E-state index contributed by atoms with van der Waals surface area (Å²) in [5, 5.41) is 9.46. The molecule has 0 aliphatic carbocycles. The van der Waals surface area contributed by atoms with Crippen LogP contribution in [0.1, 0.15) is 45.3 Å². The molecule has 2 nitrogen and oxygen atoms in total. The van der Waals surface area contributed by atoms with E-state index in [4.69, 9.17) is 0 Å². The van der Waals surface area contributed by atoms with E-state index in [0.29, 0.717) is 17.2 Å². The van der Waals surface area contributed by atoms with Gasteiger partial charge in [-0.3, -0.25) is 0 Å². The van der Waals surface area contributed by atoms with Gasteiger partial charge in [0, 0.05) is 13.1 Å². The fraction of sp³-hybridized carbons (Fsp3) is 0.625. The van der Waals surface area contributed by atoms with Gasteiger partial charge in [-0.1, -0.05) is 19.9 Å². The molecule has 1 aliphatic heterocycles. The van der Waals surface area contributed by atoms with Crippen LogP contribution in [0.3, 0.4) is 0 Å². The molecule has 1 heterocycles. The molecule has 2 rings (SSSR count). The van der Waals surface area contributed by atoms with Crippen molar-refractivity contribution in [1.82, 2.24) is 0 Å². The molecule has 0 amide bonds. The fourth-order valence-electron chi connectivity index (χ4n) is 2.85. The molecule has 3 heteroatoms. The van der Waals surface area contributed by atoms with Gasteiger partial charge in [-0.25, -0.2) is 4.39 Å². The fourth-order valence-corrected chi connectivity index (χ4v) is 2.85. The summed E-state index contributed by atoms with van der Waals surface area (Å²) in [5.41, 5.74) is 1.31. The van der Waals surface area contributed by atoms with E-state index in [1.165, 1.54) is 6.07 Å². The van der Waals surface area contributed by atoms with Gasteiger partial charge in [0.1, 0.15) is 5.82 Å². The van der Waals surface area contributed by atoms with Gasteiger partial charge in [-0.15, -0.1) is 0 Å². The van der Waals surface area contributed by atoms with Crippen LogP contribution >= 0.6 is 0 Å². The van der Waals surface area contributed by atoms with Crippen molar-refractivity contribution in [1.29, 1.82) is 0 Å². The quantitative estimate of drug-likeness (QED) is 0.899. The first-order valence-electron chi connectivity index (χ1n) is 7.21. The van der Waals surface area contributed by atoms with E-state index >= 15 is 0 Å². The SMILES string of the molecule is CC(C)C1CCN(c2ccc([C@@H](C)O)cc2F)CC1. The van der Waals surface area contributed by atoms with Crippen molar-refractivity contribution in [2.45, 2.75) is 39.7 Å². The lowest BCUT2D eigenvalue weighted by atomic mass is 9.86. The average molecular weight is 265 g/mol. The van der Waals surface area contributed by atoms with Gasteiger partial charge in [0.2, 0.25) is 0 Å². The molecule has 1 saturated heterocycles. The van der Waals surface area contributed by atoms with E-state index in [9.17, 15) is 9.50 Å². The number of aliphatic hydroxyl groups is 1. The van der Waals surface area contributed by atoms with Crippen LogP contribution in [0.4, 0.5) is 10.1 Å². The smallest absolute Gasteiger partial charge is 0.146 e. The third-order valence-corrected chi connectivity index (χ3v) is 4.28. The number of benzene rings is 1. The van der Waals surface area contributed by atoms with Crippen LogP contribution in [0.2, 0.25) is 0 Å². The van der Waals surface area contributed by atoms with Crippen molar-refractivity contribution in [3.8, 4) is 0 Å². The molecule has 0 spiro atoms. The van der Waals surface area contributed by atoms with Gasteiger partial charge in [-0.05, 0) is 49.3 Å². The molecule has 1 aliphatic rings. The van der Waals surface area contributed by atoms with Gasteiger partial charge >= 0.3 is 0 Å². The number of aliphatic hydroxyl groups excluding tert-OH is 1. The predicted molar refractivity (Wildman–Crippen MR) is 76.8 cm³/mol. The predicted octanol–water partition coefficient (Wildman–Crippen LogP) is 3.75. The Kier molecular flexibility index (Phi) is 4.46. The van der Waals surface area contributed by atoms with Crippen molar-refractivity contribution < 1.29 is 9.50 Å². The highest BCUT2D eigenvalue weighted by molar-refractivity contribution is 5.49. The van der Waals surface area contributed by atoms with Crippen molar-refractivity contribution in [3.05, 3.63) is 29.6 Å². The average Bonchev–Trinajstić information content (AvgIpc) is 2.38. The molecule has 1 fully saturated rings. The van der Waals surface area contributed by atoms with Crippen molar-refractivity contribution in [2.75, 3.05) is 18.0 Å². The molecule has 1 atom stereocenters. The topological polar surface area (TPSA) is 23.5 Å². The first-order valence-corrected chi connectivity index (χ1v) is 7.21. The normalized spacial score (nSPS) is 18.9. The van der Waals surface area contributed by atoms with Gasteiger partial charge in [0.15, 0.2) is 0 Å². The Balaban J connectivity index is 2.07. The summed E-state index contributed by atoms with van der Waals surface area (Å²) in [7, 11) is 0. The molecular weight excluding hydrogens is 241 g/mol. The molecule has 0 bridgehead atoms. The van der Waals surface area contributed by atoms with Crippen LogP contribution in [0.15, 0.2) is 18.2 Å². The zero-order valence-corrected chi connectivity index (χ0v) is 12.1. The van der Waals surface area contributed by atoms with E-state index in [1.54, 1.807) is 13.0 Å². The van der Waals surface area contributed by atoms with Crippen LogP contribution < -0.4 is 4.90 Å². The molecular formula is C16H24FNO. The van der Waals surface area contributed by atoms with Crippen molar-refractivity contribution in [3.63, 3.8) is 0 Å². The van der Waals surface area contributed by atoms with Crippen LogP contribution in [0.5, 0.6) is 0 Å². The first kappa shape index (κ1) is 14.3. The molecule has 106 valence electrons. The van der Waals surface area contributed by atoms with Crippen LogP contribution in [0.25, 0.3) is 0 Å². The maximum Gasteiger partial charge on any atom is 0.146 e. The lowest BCUT2D eigenvalue weighted by Crippen LogP contribution is -2.35. The van der Waals surface area contributed by atoms with E-state index in [1.807, 2.05) is 6.07 Å². The van der Waals surface area contributed by atoms with E-state index in [-0.39, 0.29) is 5.82 Å². The third-order valence-electron chi connectivity index (χ3n) is 4.28. The van der Waals surface area contributed by atoms with E-state index < -0.39 is 6.10 Å². The van der Waals surface area contributed by atoms with E-state index in [0.717, 1.165) is 31.8 Å². The number of hydrogen-bond acceptors (Lipinski definition) is 2. The summed E-state index contributed by atoms with van der Waals surface area (Å²) in [5.74, 6) is 1.25. The lowest BCUT2D eigenvalue weighted by molar-refractivity contribution is 0.199. The summed E-state index contributed by atoms with van der Waals surface area (Å²) >= 11 is 0. The van der Waals surface area contributed by atoms with Gasteiger partial charge in [-0.2, -0.15) is 0 Å². The molecule has 0 aromatic heterocycles. The first-order chi connectivity index (χ1) is 8.99. The number of piperidine rings is 1. The second-order valence-electron chi connectivity index (χ2n) is 5.96. The molecule has 19 heavy (non-hydrogen) atoms. The molecule has 0 radical (unpaired) electrons. The minimum atomic E-state index is -0.616. The Bertz CT molecular complexity index is 423. The zero-order valence-electron chi connectivity index (χ0n) is 12.1. The monoisotopic (exact) mass is 265 g/mol. The third kappa shape index (κ3) is 3.27. The second-order valence-corrected chi connectivity index (χ2v) is 5.96. The maximum absolute atomic E-state index is 14.1. The number of hydrogen-bond donors (Lipinski definition) is 1.